The number of anilines is 1. The summed E-state index contributed by atoms with van der Waals surface area (Å²) < 4.78 is 5.44. The van der Waals surface area contributed by atoms with Crippen molar-refractivity contribution in [1.82, 2.24) is 14.8 Å². The SMILES string of the molecule is CN1CCN(Cc2cnc(N3CCOCC3)s2)[C@H](c2ccccc2)C1. The highest BCUT2D eigenvalue weighted by atomic mass is 32.1. The van der Waals surface area contributed by atoms with Crippen LogP contribution in [0.4, 0.5) is 5.13 Å². The minimum absolute atomic E-state index is 0.453. The molecule has 0 radical (unpaired) electrons. The Morgan fingerprint density at radius 1 is 1.12 bits per heavy atom. The van der Waals surface area contributed by atoms with E-state index in [0.717, 1.165) is 57.6 Å². The van der Waals surface area contributed by atoms with Gasteiger partial charge in [-0.15, -0.1) is 11.3 Å². The normalized spacial score (nSPS) is 23.1. The molecule has 0 saturated carbocycles. The van der Waals surface area contributed by atoms with Gasteiger partial charge in [-0.05, 0) is 12.6 Å². The van der Waals surface area contributed by atoms with Crippen LogP contribution in [0, 0.1) is 0 Å². The Bertz CT molecular complexity index is 671. The number of hydrogen-bond donors (Lipinski definition) is 0. The summed E-state index contributed by atoms with van der Waals surface area (Å²) in [6.45, 7) is 7.81. The van der Waals surface area contributed by atoms with Crippen molar-refractivity contribution < 1.29 is 4.74 Å². The van der Waals surface area contributed by atoms with Crippen molar-refractivity contribution >= 4 is 16.5 Å². The molecule has 0 amide bonds. The molecule has 1 atom stereocenters. The summed E-state index contributed by atoms with van der Waals surface area (Å²) in [7, 11) is 2.22. The third-order valence-electron chi connectivity index (χ3n) is 5.06. The number of piperazine rings is 1. The summed E-state index contributed by atoms with van der Waals surface area (Å²) in [5, 5.41) is 1.14. The molecule has 2 aromatic rings. The zero-order valence-corrected chi connectivity index (χ0v) is 15.6. The summed E-state index contributed by atoms with van der Waals surface area (Å²) in [5.41, 5.74) is 1.41. The van der Waals surface area contributed by atoms with Crippen LogP contribution in [0.1, 0.15) is 16.5 Å². The maximum absolute atomic E-state index is 5.44. The van der Waals surface area contributed by atoms with Crippen LogP contribution >= 0.6 is 11.3 Å². The van der Waals surface area contributed by atoms with Gasteiger partial charge in [0.25, 0.3) is 0 Å². The zero-order valence-electron chi connectivity index (χ0n) is 14.8. The molecule has 2 aliphatic heterocycles. The second-order valence-electron chi connectivity index (χ2n) is 6.87. The van der Waals surface area contributed by atoms with E-state index in [9.17, 15) is 0 Å². The molecular weight excluding hydrogens is 332 g/mol. The summed E-state index contributed by atoms with van der Waals surface area (Å²) in [5.74, 6) is 0. The summed E-state index contributed by atoms with van der Waals surface area (Å²) in [4.78, 5) is 13.4. The van der Waals surface area contributed by atoms with Crippen LogP contribution in [0.3, 0.4) is 0 Å². The lowest BCUT2D eigenvalue weighted by Crippen LogP contribution is -2.46. The van der Waals surface area contributed by atoms with Gasteiger partial charge in [0.1, 0.15) is 0 Å². The molecule has 0 N–H and O–H groups in total. The second kappa shape index (κ2) is 7.83. The van der Waals surface area contributed by atoms with Gasteiger partial charge in [-0.2, -0.15) is 0 Å². The number of nitrogens with zero attached hydrogens (tertiary/aromatic N) is 4. The molecule has 25 heavy (non-hydrogen) atoms. The fraction of sp³-hybridized carbons (Fsp3) is 0.526. The van der Waals surface area contributed by atoms with E-state index in [-0.39, 0.29) is 0 Å². The lowest BCUT2D eigenvalue weighted by Gasteiger charge is -2.40. The number of thiazole rings is 1. The Balaban J connectivity index is 1.47. The van der Waals surface area contributed by atoms with Gasteiger partial charge in [0.15, 0.2) is 5.13 Å². The Morgan fingerprint density at radius 2 is 1.92 bits per heavy atom. The molecule has 134 valence electrons. The highest BCUT2D eigenvalue weighted by molar-refractivity contribution is 7.15. The van der Waals surface area contributed by atoms with Gasteiger partial charge < -0.3 is 14.5 Å². The van der Waals surface area contributed by atoms with Crippen LogP contribution in [0.15, 0.2) is 36.5 Å². The fourth-order valence-corrected chi connectivity index (χ4v) is 4.60. The van der Waals surface area contributed by atoms with Gasteiger partial charge in [-0.3, -0.25) is 4.90 Å². The van der Waals surface area contributed by atoms with E-state index in [1.54, 1.807) is 0 Å². The molecule has 5 nitrogen and oxygen atoms in total. The Kier molecular flexibility index (Phi) is 5.31. The monoisotopic (exact) mass is 358 g/mol. The molecule has 0 unspecified atom stereocenters. The standard InChI is InChI=1S/C19H26N4OS/c1-21-7-8-23(18(15-21)16-5-3-2-4-6-16)14-17-13-20-19(25-17)22-9-11-24-12-10-22/h2-6,13,18H,7-12,14-15H2,1H3/t18-/m0/s1. The van der Waals surface area contributed by atoms with E-state index < -0.39 is 0 Å². The first-order valence-electron chi connectivity index (χ1n) is 9.04. The van der Waals surface area contributed by atoms with Crippen LogP contribution in [0.2, 0.25) is 0 Å². The predicted octanol–water partition coefficient (Wildman–Crippen LogP) is 2.47. The largest absolute Gasteiger partial charge is 0.378 e. The number of benzene rings is 1. The molecule has 1 aromatic carbocycles. The molecule has 0 bridgehead atoms. The predicted molar refractivity (Wildman–Crippen MR) is 102 cm³/mol. The van der Waals surface area contributed by atoms with Crippen molar-refractivity contribution in [2.75, 3.05) is 57.9 Å². The highest BCUT2D eigenvalue weighted by Crippen LogP contribution is 2.30. The van der Waals surface area contributed by atoms with E-state index in [4.69, 9.17) is 4.74 Å². The molecule has 4 rings (SSSR count). The molecule has 3 heterocycles. The maximum Gasteiger partial charge on any atom is 0.185 e. The molecule has 0 aliphatic carbocycles. The minimum atomic E-state index is 0.453. The number of morpholine rings is 1. The van der Waals surface area contributed by atoms with E-state index >= 15 is 0 Å². The Hall–Kier alpha value is -1.47. The Morgan fingerprint density at radius 3 is 2.72 bits per heavy atom. The van der Waals surface area contributed by atoms with E-state index in [2.05, 4.69) is 63.3 Å². The van der Waals surface area contributed by atoms with Crippen LogP contribution in [-0.2, 0) is 11.3 Å². The average molecular weight is 359 g/mol. The molecule has 6 heteroatoms. The first kappa shape index (κ1) is 17.0. The molecule has 2 fully saturated rings. The smallest absolute Gasteiger partial charge is 0.185 e. The minimum Gasteiger partial charge on any atom is -0.378 e. The van der Waals surface area contributed by atoms with Crippen molar-refractivity contribution in [3.63, 3.8) is 0 Å². The molecule has 2 saturated heterocycles. The van der Waals surface area contributed by atoms with Gasteiger partial charge in [0.05, 0.1) is 13.2 Å². The topological polar surface area (TPSA) is 31.8 Å². The number of ether oxygens (including phenoxy) is 1. The lowest BCUT2D eigenvalue weighted by molar-refractivity contribution is 0.0842. The van der Waals surface area contributed by atoms with E-state index in [0.29, 0.717) is 6.04 Å². The summed E-state index contributed by atoms with van der Waals surface area (Å²) in [6.07, 6.45) is 2.07. The van der Waals surface area contributed by atoms with Crippen LogP contribution in [0.25, 0.3) is 0 Å². The van der Waals surface area contributed by atoms with E-state index in [1.165, 1.54) is 10.4 Å². The van der Waals surface area contributed by atoms with Gasteiger partial charge in [0, 0.05) is 56.4 Å². The maximum atomic E-state index is 5.44. The van der Waals surface area contributed by atoms with Gasteiger partial charge in [0.2, 0.25) is 0 Å². The van der Waals surface area contributed by atoms with Crippen LogP contribution in [-0.4, -0.2) is 67.8 Å². The second-order valence-corrected chi connectivity index (χ2v) is 7.96. The molecule has 2 aliphatic rings. The number of rotatable bonds is 4. The first-order valence-corrected chi connectivity index (χ1v) is 9.86. The molecular formula is C19H26N4OS. The number of likely N-dealkylation sites (N-methyl/N-ethyl adjacent to an activating group) is 1. The van der Waals surface area contributed by atoms with Crippen molar-refractivity contribution in [2.45, 2.75) is 12.6 Å². The average Bonchev–Trinajstić information content (AvgIpc) is 3.13. The molecule has 0 spiro atoms. The van der Waals surface area contributed by atoms with Crippen LogP contribution in [0.5, 0.6) is 0 Å². The van der Waals surface area contributed by atoms with Crippen molar-refractivity contribution in [2.24, 2.45) is 0 Å². The third kappa shape index (κ3) is 4.03. The van der Waals surface area contributed by atoms with Crippen LogP contribution < -0.4 is 4.90 Å². The van der Waals surface area contributed by atoms with E-state index in [1.807, 2.05) is 11.3 Å². The number of hydrogen-bond acceptors (Lipinski definition) is 6. The summed E-state index contributed by atoms with van der Waals surface area (Å²) in [6, 6.07) is 11.3. The highest BCUT2D eigenvalue weighted by Gasteiger charge is 2.27. The van der Waals surface area contributed by atoms with Crippen molar-refractivity contribution in [1.29, 1.82) is 0 Å². The Labute approximate surface area is 153 Å². The lowest BCUT2D eigenvalue weighted by atomic mass is 10.0. The number of aromatic nitrogens is 1. The third-order valence-corrected chi connectivity index (χ3v) is 6.10. The fourth-order valence-electron chi connectivity index (χ4n) is 3.61. The summed E-state index contributed by atoms with van der Waals surface area (Å²) >= 11 is 1.84. The van der Waals surface area contributed by atoms with Gasteiger partial charge in [-0.25, -0.2) is 4.98 Å². The van der Waals surface area contributed by atoms with Gasteiger partial charge >= 0.3 is 0 Å². The molecule has 1 aromatic heterocycles. The van der Waals surface area contributed by atoms with Crippen molar-refractivity contribution in [3.05, 3.63) is 47.0 Å². The quantitative estimate of drug-likeness (QED) is 0.838. The first-order chi connectivity index (χ1) is 12.3. The van der Waals surface area contributed by atoms with Crippen molar-refractivity contribution in [3.8, 4) is 0 Å². The zero-order chi connectivity index (χ0) is 17.1. The van der Waals surface area contributed by atoms with Gasteiger partial charge in [-0.1, -0.05) is 30.3 Å².